The molecule has 0 atom stereocenters. The highest BCUT2D eigenvalue weighted by Crippen LogP contribution is 2.41. The van der Waals surface area contributed by atoms with Crippen molar-refractivity contribution in [3.8, 4) is 0 Å². The molecule has 9 heteroatoms. The number of anilines is 1. The highest BCUT2D eigenvalue weighted by atomic mass is 32.1. The molecule has 0 N–H and O–H groups in total. The van der Waals surface area contributed by atoms with E-state index < -0.39 is 5.54 Å². The molecule has 3 heterocycles. The van der Waals surface area contributed by atoms with Crippen molar-refractivity contribution in [2.45, 2.75) is 51.7 Å². The van der Waals surface area contributed by atoms with E-state index in [0.29, 0.717) is 31.0 Å². The number of carbonyl (C=O) groups is 1. The zero-order valence-corrected chi connectivity index (χ0v) is 20.3. The number of benzene rings is 1. The molecule has 1 amide bonds. The van der Waals surface area contributed by atoms with Gasteiger partial charge in [0, 0.05) is 43.7 Å². The molecule has 0 saturated carbocycles. The lowest BCUT2D eigenvalue weighted by Gasteiger charge is -2.46. The quantitative estimate of drug-likeness (QED) is 0.469. The van der Waals surface area contributed by atoms with Gasteiger partial charge in [-0.25, -0.2) is 4.98 Å². The van der Waals surface area contributed by atoms with Crippen LogP contribution in [0.1, 0.15) is 48.5 Å². The molecule has 0 aliphatic carbocycles. The van der Waals surface area contributed by atoms with E-state index in [0.717, 1.165) is 37.4 Å². The van der Waals surface area contributed by atoms with Crippen LogP contribution in [0.2, 0.25) is 0 Å². The Morgan fingerprint density at radius 2 is 2.00 bits per heavy atom. The van der Waals surface area contributed by atoms with Crippen LogP contribution in [0.3, 0.4) is 0 Å². The fourth-order valence-corrected chi connectivity index (χ4v) is 5.26. The van der Waals surface area contributed by atoms with Gasteiger partial charge in [0.1, 0.15) is 12.1 Å². The molecule has 3 aromatic rings. The predicted octanol–water partition coefficient (Wildman–Crippen LogP) is 3.96. The molecule has 0 bridgehead atoms. The Balaban J connectivity index is 1.62. The van der Waals surface area contributed by atoms with Crippen molar-refractivity contribution >= 4 is 22.9 Å². The number of hydrogen-bond acceptors (Lipinski definition) is 8. The van der Waals surface area contributed by atoms with Crippen LogP contribution in [-0.2, 0) is 28.1 Å². The number of aryl methyl sites for hydroxylation is 1. The zero-order chi connectivity index (χ0) is 23.3. The molecule has 33 heavy (non-hydrogen) atoms. The molecule has 1 saturated heterocycles. The van der Waals surface area contributed by atoms with Crippen LogP contribution in [-0.4, -0.2) is 52.7 Å². The third-order valence-corrected chi connectivity index (χ3v) is 7.31. The first-order valence-electron chi connectivity index (χ1n) is 11.4. The topological polar surface area (TPSA) is 84.6 Å². The normalized spacial score (nSPS) is 16.1. The number of amides is 1. The second-order valence-corrected chi connectivity index (χ2v) is 9.28. The third kappa shape index (κ3) is 5.00. The summed E-state index contributed by atoms with van der Waals surface area (Å²) in [6.07, 6.45) is 2.80. The highest BCUT2D eigenvalue weighted by Gasteiger charge is 2.48. The van der Waals surface area contributed by atoms with Crippen LogP contribution in [0.25, 0.3) is 0 Å². The Bertz CT molecular complexity index is 1040. The van der Waals surface area contributed by atoms with E-state index in [1.165, 1.54) is 4.88 Å². The van der Waals surface area contributed by atoms with Crippen LogP contribution in [0.4, 0.5) is 5.69 Å². The van der Waals surface area contributed by atoms with Crippen LogP contribution in [0.5, 0.6) is 0 Å². The molecule has 0 radical (unpaired) electrons. The fraction of sp³-hybridized carbons (Fsp3) is 0.500. The van der Waals surface area contributed by atoms with Gasteiger partial charge in [-0.1, -0.05) is 25.1 Å². The summed E-state index contributed by atoms with van der Waals surface area (Å²) in [6.45, 7) is 6.83. The molecule has 0 unspecified atom stereocenters. The molecular formula is C24H31N5O3S. The van der Waals surface area contributed by atoms with E-state index in [1.54, 1.807) is 18.4 Å². The number of piperidine rings is 1. The maximum Gasteiger partial charge on any atom is 0.242 e. The number of nitrogens with zero attached hydrogens (tertiary/aromatic N) is 5. The molecule has 1 aliphatic rings. The van der Waals surface area contributed by atoms with Crippen molar-refractivity contribution in [2.24, 2.45) is 0 Å². The van der Waals surface area contributed by atoms with Crippen molar-refractivity contribution in [2.75, 3.05) is 31.6 Å². The molecule has 1 aromatic carbocycles. The average molecular weight is 470 g/mol. The number of ether oxygens (including phenoxy) is 1. The third-order valence-electron chi connectivity index (χ3n) is 6.31. The van der Waals surface area contributed by atoms with Gasteiger partial charge in [-0.05, 0) is 38.3 Å². The van der Waals surface area contributed by atoms with E-state index in [1.807, 2.05) is 47.7 Å². The Morgan fingerprint density at radius 3 is 2.64 bits per heavy atom. The number of carbonyl (C=O) groups excluding carboxylic acids is 1. The van der Waals surface area contributed by atoms with Crippen LogP contribution in [0, 0.1) is 6.92 Å². The summed E-state index contributed by atoms with van der Waals surface area (Å²) in [5.74, 6) is 0.950. The first kappa shape index (κ1) is 23.5. The standard InChI is InChI=1S/C24H31N5O3S/c1-4-22(30)29(19-8-6-5-7-9-19)24(23-27-26-21(32-23)16-31-3)11-14-28(15-12-24)13-10-20-18(2)25-17-33-20/h5-9,17H,4,10-16H2,1-3H3. The van der Waals surface area contributed by atoms with Gasteiger partial charge >= 0.3 is 0 Å². The maximum atomic E-state index is 13.3. The number of rotatable bonds is 9. The van der Waals surface area contributed by atoms with Gasteiger partial charge in [0.05, 0.1) is 11.2 Å². The van der Waals surface area contributed by atoms with Gasteiger partial charge in [-0.3, -0.25) is 9.69 Å². The number of methoxy groups -OCH3 is 1. The number of likely N-dealkylation sites (tertiary alicyclic amines) is 1. The minimum absolute atomic E-state index is 0.0430. The van der Waals surface area contributed by atoms with Crippen molar-refractivity contribution < 1.29 is 13.9 Å². The minimum Gasteiger partial charge on any atom is -0.420 e. The molecule has 4 rings (SSSR count). The first-order valence-corrected chi connectivity index (χ1v) is 12.3. The summed E-state index contributed by atoms with van der Waals surface area (Å²) in [6, 6.07) is 9.81. The molecule has 176 valence electrons. The minimum atomic E-state index is -0.690. The number of para-hydroxylation sites is 1. The summed E-state index contributed by atoms with van der Waals surface area (Å²) in [7, 11) is 1.60. The SMILES string of the molecule is CCC(=O)N(c1ccccc1)C1(c2nnc(COC)o2)CCN(CCc2scnc2C)CC1. The number of hydrogen-bond donors (Lipinski definition) is 0. The maximum absolute atomic E-state index is 13.3. The largest absolute Gasteiger partial charge is 0.420 e. The van der Waals surface area contributed by atoms with Crippen molar-refractivity contribution in [1.82, 2.24) is 20.1 Å². The molecule has 2 aromatic heterocycles. The lowest BCUT2D eigenvalue weighted by atomic mass is 9.84. The second kappa shape index (κ2) is 10.5. The van der Waals surface area contributed by atoms with E-state index in [4.69, 9.17) is 9.15 Å². The van der Waals surface area contributed by atoms with Gasteiger partial charge in [0.15, 0.2) is 0 Å². The monoisotopic (exact) mass is 469 g/mol. The summed E-state index contributed by atoms with van der Waals surface area (Å²) < 4.78 is 11.2. The lowest BCUT2D eigenvalue weighted by Crippen LogP contribution is -2.56. The first-order chi connectivity index (χ1) is 16.1. The Kier molecular flexibility index (Phi) is 7.52. The summed E-state index contributed by atoms with van der Waals surface area (Å²) in [4.78, 5) is 23.4. The number of aromatic nitrogens is 3. The van der Waals surface area contributed by atoms with Crippen molar-refractivity contribution in [3.05, 3.63) is 58.2 Å². The summed E-state index contributed by atoms with van der Waals surface area (Å²) in [5, 5.41) is 8.59. The van der Waals surface area contributed by atoms with E-state index in [-0.39, 0.29) is 12.5 Å². The van der Waals surface area contributed by atoms with Crippen LogP contribution < -0.4 is 4.90 Å². The van der Waals surface area contributed by atoms with E-state index in [9.17, 15) is 4.79 Å². The van der Waals surface area contributed by atoms with Crippen molar-refractivity contribution in [3.63, 3.8) is 0 Å². The Hall–Kier alpha value is -2.62. The summed E-state index contributed by atoms with van der Waals surface area (Å²) >= 11 is 1.72. The average Bonchev–Trinajstić information content (AvgIpc) is 3.48. The van der Waals surface area contributed by atoms with Crippen molar-refractivity contribution in [1.29, 1.82) is 0 Å². The molecule has 1 fully saturated rings. The van der Waals surface area contributed by atoms with Gasteiger partial charge < -0.3 is 14.1 Å². The molecule has 1 aliphatic heterocycles. The van der Waals surface area contributed by atoms with Crippen LogP contribution in [0.15, 0.2) is 40.3 Å². The Morgan fingerprint density at radius 1 is 1.24 bits per heavy atom. The second-order valence-electron chi connectivity index (χ2n) is 8.34. The summed E-state index contributed by atoms with van der Waals surface area (Å²) in [5.41, 5.74) is 3.19. The fourth-order valence-electron chi connectivity index (χ4n) is 4.49. The molecule has 0 spiro atoms. The lowest BCUT2D eigenvalue weighted by molar-refractivity contribution is -0.120. The van der Waals surface area contributed by atoms with E-state index >= 15 is 0 Å². The van der Waals surface area contributed by atoms with E-state index in [2.05, 4.69) is 27.0 Å². The van der Waals surface area contributed by atoms with Gasteiger partial charge in [-0.2, -0.15) is 0 Å². The van der Waals surface area contributed by atoms with Gasteiger partial charge in [-0.15, -0.1) is 21.5 Å². The zero-order valence-electron chi connectivity index (χ0n) is 19.5. The predicted molar refractivity (Wildman–Crippen MR) is 127 cm³/mol. The highest BCUT2D eigenvalue weighted by molar-refractivity contribution is 7.09. The smallest absolute Gasteiger partial charge is 0.242 e. The van der Waals surface area contributed by atoms with Gasteiger partial charge in [0.2, 0.25) is 17.7 Å². The molecule has 8 nitrogen and oxygen atoms in total. The Labute approximate surface area is 198 Å². The molecular weight excluding hydrogens is 438 g/mol. The van der Waals surface area contributed by atoms with Gasteiger partial charge in [0.25, 0.3) is 0 Å². The van der Waals surface area contributed by atoms with Crippen LogP contribution >= 0.6 is 11.3 Å². The number of thiazole rings is 1.